The summed E-state index contributed by atoms with van der Waals surface area (Å²) in [6.45, 7) is 2.38. The zero-order valence-electron chi connectivity index (χ0n) is 13.7. The average Bonchev–Trinajstić information content (AvgIpc) is 2.60. The molecule has 2 rings (SSSR count). The zero-order chi connectivity index (χ0) is 19.3. The van der Waals surface area contributed by atoms with Crippen LogP contribution in [0.25, 0.3) is 0 Å². The largest absolute Gasteiger partial charge is 0.417 e. The van der Waals surface area contributed by atoms with Crippen molar-refractivity contribution in [3.8, 4) is 0 Å². The van der Waals surface area contributed by atoms with E-state index in [0.29, 0.717) is 6.54 Å². The topological polar surface area (TPSA) is 71.1 Å². The first-order chi connectivity index (χ1) is 12.2. The highest BCUT2D eigenvalue weighted by Crippen LogP contribution is 2.36. The highest BCUT2D eigenvalue weighted by Gasteiger charge is 2.33. The molecule has 0 radical (unpaired) electrons. The molecular formula is C17H15ClF3N3O2. The molecule has 0 saturated heterocycles. The van der Waals surface area contributed by atoms with Crippen molar-refractivity contribution in [3.05, 3.63) is 58.4 Å². The Morgan fingerprint density at radius 2 is 1.88 bits per heavy atom. The fourth-order valence-corrected chi connectivity index (χ4v) is 2.28. The summed E-state index contributed by atoms with van der Waals surface area (Å²) in [7, 11) is 0. The Bertz CT molecular complexity index is 825. The molecule has 0 aliphatic carbocycles. The van der Waals surface area contributed by atoms with Crippen LogP contribution in [0.5, 0.6) is 0 Å². The molecule has 0 fully saturated rings. The van der Waals surface area contributed by atoms with E-state index in [1.165, 1.54) is 24.4 Å². The number of halogens is 4. The van der Waals surface area contributed by atoms with E-state index in [0.717, 1.165) is 18.6 Å². The monoisotopic (exact) mass is 385 g/mol. The van der Waals surface area contributed by atoms with Crippen LogP contribution in [-0.4, -0.2) is 23.3 Å². The van der Waals surface area contributed by atoms with Crippen molar-refractivity contribution in [2.24, 2.45) is 0 Å². The molecule has 0 bridgehead atoms. The number of pyridine rings is 1. The molecule has 2 aromatic rings. The van der Waals surface area contributed by atoms with E-state index in [4.69, 9.17) is 11.6 Å². The van der Waals surface area contributed by atoms with Gasteiger partial charge in [0, 0.05) is 24.0 Å². The van der Waals surface area contributed by atoms with Gasteiger partial charge in [0.2, 0.25) is 0 Å². The van der Waals surface area contributed by atoms with E-state index in [1.54, 1.807) is 0 Å². The molecule has 0 spiro atoms. The lowest BCUT2D eigenvalue weighted by atomic mass is 10.1. The van der Waals surface area contributed by atoms with Crippen LogP contribution < -0.4 is 10.6 Å². The molecule has 1 aromatic heterocycles. The summed E-state index contributed by atoms with van der Waals surface area (Å²) in [6, 6.07) is 5.72. The van der Waals surface area contributed by atoms with Gasteiger partial charge in [-0.15, -0.1) is 0 Å². The molecule has 0 saturated carbocycles. The number of carbonyl (C=O) groups excluding carboxylic acids is 2. The highest BCUT2D eigenvalue weighted by molar-refractivity contribution is 6.31. The molecule has 0 unspecified atom stereocenters. The minimum absolute atomic E-state index is 0.0886. The number of hydrogen-bond acceptors (Lipinski definition) is 3. The molecule has 1 aromatic carbocycles. The van der Waals surface area contributed by atoms with Gasteiger partial charge in [0.15, 0.2) is 0 Å². The predicted octanol–water partition coefficient (Wildman–Crippen LogP) is 4.15. The minimum atomic E-state index is -4.65. The summed E-state index contributed by atoms with van der Waals surface area (Å²) in [5.41, 5.74) is -1.02. The number of amides is 2. The number of nitrogens with zero attached hydrogens (tertiary/aromatic N) is 1. The second kappa shape index (κ2) is 8.18. The summed E-state index contributed by atoms with van der Waals surface area (Å²) >= 11 is 5.54. The number of benzene rings is 1. The fourth-order valence-electron chi connectivity index (χ4n) is 2.05. The van der Waals surface area contributed by atoms with Crippen LogP contribution in [0.15, 0.2) is 36.5 Å². The Morgan fingerprint density at radius 3 is 2.54 bits per heavy atom. The van der Waals surface area contributed by atoms with Gasteiger partial charge in [-0.05, 0) is 36.8 Å². The molecule has 2 N–H and O–H groups in total. The summed E-state index contributed by atoms with van der Waals surface area (Å²) in [5, 5.41) is 4.50. The maximum Gasteiger partial charge on any atom is 0.417 e. The zero-order valence-corrected chi connectivity index (χ0v) is 14.4. The highest BCUT2D eigenvalue weighted by atomic mass is 35.5. The standard InChI is InChI=1S/C17H15ClF3N3O2/c1-2-6-23-15(25)10-5-7-22-14(8-10)16(26)24-11-3-4-13(18)12(9-11)17(19,20)21/h3-5,7-9H,2,6H2,1H3,(H,23,25)(H,24,26). The molecule has 26 heavy (non-hydrogen) atoms. The molecule has 138 valence electrons. The molecule has 0 aliphatic rings. The van der Waals surface area contributed by atoms with Crippen LogP contribution in [0.3, 0.4) is 0 Å². The van der Waals surface area contributed by atoms with Crippen LogP contribution in [0.2, 0.25) is 5.02 Å². The number of aromatic nitrogens is 1. The average molecular weight is 386 g/mol. The Balaban J connectivity index is 2.19. The SMILES string of the molecule is CCCNC(=O)c1ccnc(C(=O)Nc2ccc(Cl)c(C(F)(F)F)c2)c1. The van der Waals surface area contributed by atoms with Gasteiger partial charge < -0.3 is 10.6 Å². The van der Waals surface area contributed by atoms with Gasteiger partial charge in [-0.25, -0.2) is 0 Å². The lowest BCUT2D eigenvalue weighted by molar-refractivity contribution is -0.137. The van der Waals surface area contributed by atoms with Gasteiger partial charge in [-0.3, -0.25) is 14.6 Å². The Morgan fingerprint density at radius 1 is 1.15 bits per heavy atom. The van der Waals surface area contributed by atoms with Gasteiger partial charge in [0.25, 0.3) is 11.8 Å². The Kier molecular flexibility index (Phi) is 6.20. The van der Waals surface area contributed by atoms with E-state index in [9.17, 15) is 22.8 Å². The smallest absolute Gasteiger partial charge is 0.352 e. The summed E-state index contributed by atoms with van der Waals surface area (Å²) in [6.07, 6.45) is -2.62. The van der Waals surface area contributed by atoms with Crippen molar-refractivity contribution in [3.63, 3.8) is 0 Å². The molecule has 9 heteroatoms. The Labute approximate surface area is 152 Å². The molecule has 5 nitrogen and oxygen atoms in total. The third-order valence-electron chi connectivity index (χ3n) is 3.32. The fraction of sp³-hybridized carbons (Fsp3) is 0.235. The summed E-state index contributed by atoms with van der Waals surface area (Å²) < 4.78 is 38.6. The maximum absolute atomic E-state index is 12.9. The molecule has 1 heterocycles. The second-order valence-corrected chi connectivity index (χ2v) is 5.74. The van der Waals surface area contributed by atoms with Crippen LogP contribution >= 0.6 is 11.6 Å². The third kappa shape index (κ3) is 4.95. The van der Waals surface area contributed by atoms with E-state index < -0.39 is 22.7 Å². The minimum Gasteiger partial charge on any atom is -0.352 e. The summed E-state index contributed by atoms with van der Waals surface area (Å²) in [5.74, 6) is -1.11. The van der Waals surface area contributed by atoms with E-state index in [1.807, 2.05) is 6.92 Å². The van der Waals surface area contributed by atoms with Crippen LogP contribution in [0.1, 0.15) is 39.8 Å². The Hall–Kier alpha value is -2.61. The lowest BCUT2D eigenvalue weighted by Gasteiger charge is -2.12. The maximum atomic E-state index is 12.9. The number of alkyl halides is 3. The second-order valence-electron chi connectivity index (χ2n) is 5.33. The molecule has 2 amide bonds. The van der Waals surface area contributed by atoms with Crippen LogP contribution in [-0.2, 0) is 6.18 Å². The summed E-state index contributed by atoms with van der Waals surface area (Å²) in [4.78, 5) is 28.0. The number of nitrogens with one attached hydrogen (secondary N) is 2. The van der Waals surface area contributed by atoms with Gasteiger partial charge in [-0.1, -0.05) is 18.5 Å². The van der Waals surface area contributed by atoms with Gasteiger partial charge >= 0.3 is 6.18 Å². The number of rotatable bonds is 5. The van der Waals surface area contributed by atoms with E-state index >= 15 is 0 Å². The first-order valence-corrected chi connectivity index (χ1v) is 8.02. The molecular weight excluding hydrogens is 371 g/mol. The van der Waals surface area contributed by atoms with Crippen molar-refractivity contribution < 1.29 is 22.8 Å². The van der Waals surface area contributed by atoms with Crippen molar-refractivity contribution in [2.45, 2.75) is 19.5 Å². The number of anilines is 1. The van der Waals surface area contributed by atoms with Crippen molar-refractivity contribution >= 4 is 29.1 Å². The predicted molar refractivity (Wildman–Crippen MR) is 91.3 cm³/mol. The van der Waals surface area contributed by atoms with Crippen molar-refractivity contribution in [1.29, 1.82) is 0 Å². The van der Waals surface area contributed by atoms with E-state index in [2.05, 4.69) is 15.6 Å². The number of hydrogen-bond donors (Lipinski definition) is 2. The normalized spacial score (nSPS) is 11.1. The number of carbonyl (C=O) groups is 2. The van der Waals surface area contributed by atoms with Gasteiger partial charge in [0.1, 0.15) is 5.69 Å². The first-order valence-electron chi connectivity index (χ1n) is 7.64. The molecule has 0 atom stereocenters. The van der Waals surface area contributed by atoms with Gasteiger partial charge in [-0.2, -0.15) is 13.2 Å². The quantitative estimate of drug-likeness (QED) is 0.812. The first kappa shape index (κ1) is 19.7. The van der Waals surface area contributed by atoms with E-state index in [-0.39, 0.29) is 22.9 Å². The van der Waals surface area contributed by atoms with Crippen molar-refractivity contribution in [1.82, 2.24) is 10.3 Å². The van der Waals surface area contributed by atoms with Crippen molar-refractivity contribution in [2.75, 3.05) is 11.9 Å². The third-order valence-corrected chi connectivity index (χ3v) is 3.65. The van der Waals surface area contributed by atoms with Gasteiger partial charge in [0.05, 0.1) is 10.6 Å². The van der Waals surface area contributed by atoms with Crippen LogP contribution in [0, 0.1) is 0 Å². The molecule has 0 aliphatic heterocycles. The van der Waals surface area contributed by atoms with Crippen LogP contribution in [0.4, 0.5) is 18.9 Å². The lowest BCUT2D eigenvalue weighted by Crippen LogP contribution is -2.24.